The van der Waals surface area contributed by atoms with E-state index in [-0.39, 0.29) is 11.2 Å². The Labute approximate surface area is 128 Å². The zero-order chi connectivity index (χ0) is 15.4. The zero-order valence-corrected chi connectivity index (χ0v) is 13.1. The van der Waals surface area contributed by atoms with Gasteiger partial charge in [0.25, 0.3) is 0 Å². The minimum Gasteiger partial charge on any atom is -0.398 e. The van der Waals surface area contributed by atoms with Gasteiger partial charge < -0.3 is 11.1 Å². The minimum atomic E-state index is -0.298. The monoisotopic (exact) mass is 302 g/mol. The van der Waals surface area contributed by atoms with Gasteiger partial charge in [0.15, 0.2) is 5.16 Å². The topological polar surface area (TPSA) is 80.9 Å². The van der Waals surface area contributed by atoms with E-state index in [1.54, 1.807) is 12.4 Å². The molecule has 0 bridgehead atoms. The molecule has 1 atom stereocenters. The summed E-state index contributed by atoms with van der Waals surface area (Å²) in [5.41, 5.74) is 9.09. The Hall–Kier alpha value is -2.08. The van der Waals surface area contributed by atoms with Crippen molar-refractivity contribution in [3.05, 3.63) is 41.7 Å². The van der Waals surface area contributed by atoms with Crippen molar-refractivity contribution in [2.24, 2.45) is 0 Å². The second-order valence-corrected chi connectivity index (χ2v) is 6.12. The Morgan fingerprint density at radius 1 is 1.29 bits per heavy atom. The Kier molecular flexibility index (Phi) is 4.80. The van der Waals surface area contributed by atoms with E-state index in [1.165, 1.54) is 11.8 Å². The molecule has 1 aromatic carbocycles. The van der Waals surface area contributed by atoms with Crippen LogP contribution in [0.15, 0.2) is 35.7 Å². The molecule has 1 unspecified atom stereocenters. The van der Waals surface area contributed by atoms with Gasteiger partial charge in [0.2, 0.25) is 5.91 Å². The number of benzene rings is 1. The number of rotatable bonds is 4. The van der Waals surface area contributed by atoms with E-state index < -0.39 is 0 Å². The maximum Gasteiger partial charge on any atom is 0.237 e. The van der Waals surface area contributed by atoms with Crippen LogP contribution in [0.25, 0.3) is 0 Å². The third kappa shape index (κ3) is 3.95. The largest absolute Gasteiger partial charge is 0.398 e. The van der Waals surface area contributed by atoms with Crippen LogP contribution in [0.4, 0.5) is 11.4 Å². The molecule has 2 rings (SSSR count). The van der Waals surface area contributed by atoms with Crippen LogP contribution in [0.5, 0.6) is 0 Å². The minimum absolute atomic E-state index is 0.0992. The van der Waals surface area contributed by atoms with E-state index in [0.29, 0.717) is 10.8 Å². The number of anilines is 2. The molecule has 1 heterocycles. The molecule has 0 fully saturated rings. The molecule has 1 aromatic heterocycles. The number of aromatic nitrogens is 2. The number of aryl methyl sites for hydroxylation is 1. The van der Waals surface area contributed by atoms with Gasteiger partial charge in [-0.15, -0.1) is 0 Å². The molecule has 0 aliphatic carbocycles. The number of nitrogens with one attached hydrogen (secondary N) is 1. The van der Waals surface area contributed by atoms with E-state index in [2.05, 4.69) is 15.3 Å². The fourth-order valence-corrected chi connectivity index (χ4v) is 2.39. The van der Waals surface area contributed by atoms with Crippen LogP contribution >= 0.6 is 11.8 Å². The molecule has 0 aliphatic rings. The number of hydrogen-bond donors (Lipinski definition) is 2. The van der Waals surface area contributed by atoms with E-state index in [4.69, 9.17) is 5.73 Å². The first kappa shape index (κ1) is 15.3. The number of amides is 1. The Balaban J connectivity index is 2.02. The number of nitrogens with two attached hydrogens (primary N) is 1. The van der Waals surface area contributed by atoms with Crippen molar-refractivity contribution in [3.8, 4) is 0 Å². The summed E-state index contributed by atoms with van der Waals surface area (Å²) in [6.07, 6.45) is 3.48. The summed E-state index contributed by atoms with van der Waals surface area (Å²) in [5, 5.41) is 3.18. The molecular formula is C15H18N4OS. The van der Waals surface area contributed by atoms with Gasteiger partial charge in [-0.1, -0.05) is 17.8 Å². The van der Waals surface area contributed by atoms with Gasteiger partial charge in [-0.3, -0.25) is 4.79 Å². The first-order chi connectivity index (χ1) is 9.97. The van der Waals surface area contributed by atoms with Crippen molar-refractivity contribution in [2.45, 2.75) is 31.2 Å². The zero-order valence-electron chi connectivity index (χ0n) is 12.3. The van der Waals surface area contributed by atoms with Crippen molar-refractivity contribution < 1.29 is 4.79 Å². The first-order valence-corrected chi connectivity index (χ1v) is 7.46. The third-order valence-corrected chi connectivity index (χ3v) is 4.03. The molecule has 6 heteroatoms. The van der Waals surface area contributed by atoms with Crippen molar-refractivity contribution in [3.63, 3.8) is 0 Å². The van der Waals surface area contributed by atoms with Gasteiger partial charge in [-0.25, -0.2) is 9.97 Å². The van der Waals surface area contributed by atoms with Crippen molar-refractivity contribution in [2.75, 3.05) is 11.1 Å². The van der Waals surface area contributed by atoms with E-state index in [9.17, 15) is 4.79 Å². The highest BCUT2D eigenvalue weighted by Crippen LogP contribution is 2.23. The fourth-order valence-electron chi connectivity index (χ4n) is 1.68. The second kappa shape index (κ2) is 6.58. The van der Waals surface area contributed by atoms with Gasteiger partial charge in [0, 0.05) is 23.8 Å². The van der Waals surface area contributed by atoms with Gasteiger partial charge in [0.05, 0.1) is 5.25 Å². The van der Waals surface area contributed by atoms with Crippen molar-refractivity contribution in [1.82, 2.24) is 9.97 Å². The molecule has 3 N–H and O–H groups in total. The fraction of sp³-hybridized carbons (Fsp3) is 0.267. The Morgan fingerprint density at radius 3 is 2.62 bits per heavy atom. The lowest BCUT2D eigenvalue weighted by Gasteiger charge is -2.13. The smallest absolute Gasteiger partial charge is 0.237 e. The Morgan fingerprint density at radius 2 is 1.95 bits per heavy atom. The molecule has 0 radical (unpaired) electrons. The molecular weight excluding hydrogens is 284 g/mol. The highest BCUT2D eigenvalue weighted by molar-refractivity contribution is 8.00. The summed E-state index contributed by atoms with van der Waals surface area (Å²) in [4.78, 5) is 20.6. The van der Waals surface area contributed by atoms with Gasteiger partial charge >= 0.3 is 0 Å². The summed E-state index contributed by atoms with van der Waals surface area (Å²) in [5.74, 6) is -0.0992. The van der Waals surface area contributed by atoms with Gasteiger partial charge in [-0.05, 0) is 44.0 Å². The molecule has 0 saturated heterocycles. The SMILES string of the molecule is Cc1cnc(SC(C)C(=O)Nc2cccc(N)c2C)nc1. The third-order valence-electron chi connectivity index (χ3n) is 3.04. The predicted molar refractivity (Wildman–Crippen MR) is 86.3 cm³/mol. The summed E-state index contributed by atoms with van der Waals surface area (Å²) >= 11 is 1.32. The Bertz CT molecular complexity index is 643. The number of nitrogen functional groups attached to an aromatic ring is 1. The standard InChI is InChI=1S/C15H18N4OS/c1-9-7-17-15(18-8-9)21-11(3)14(20)19-13-6-4-5-12(16)10(13)2/h4-8,11H,16H2,1-3H3,(H,19,20). The summed E-state index contributed by atoms with van der Waals surface area (Å²) in [6.45, 7) is 5.63. The molecule has 0 spiro atoms. The number of hydrogen-bond acceptors (Lipinski definition) is 5. The van der Waals surface area contributed by atoms with Crippen LogP contribution in [-0.4, -0.2) is 21.1 Å². The lowest BCUT2D eigenvalue weighted by atomic mass is 10.1. The normalized spacial score (nSPS) is 12.0. The summed E-state index contributed by atoms with van der Waals surface area (Å²) in [7, 11) is 0. The second-order valence-electron chi connectivity index (χ2n) is 4.81. The quantitative estimate of drug-likeness (QED) is 0.515. The van der Waals surface area contributed by atoms with Gasteiger partial charge in [0.1, 0.15) is 0 Å². The first-order valence-electron chi connectivity index (χ1n) is 6.58. The highest BCUT2D eigenvalue weighted by Gasteiger charge is 2.17. The van der Waals surface area contributed by atoms with E-state index in [1.807, 2.05) is 39.0 Å². The number of thioether (sulfide) groups is 1. The lowest BCUT2D eigenvalue weighted by molar-refractivity contribution is -0.115. The number of carbonyl (C=O) groups is 1. The molecule has 5 nitrogen and oxygen atoms in total. The highest BCUT2D eigenvalue weighted by atomic mass is 32.2. The molecule has 0 saturated carbocycles. The summed E-state index contributed by atoms with van der Waals surface area (Å²) in [6, 6.07) is 5.46. The number of carbonyl (C=O) groups excluding carboxylic acids is 1. The van der Waals surface area contributed by atoms with Crippen LogP contribution < -0.4 is 11.1 Å². The molecule has 2 aromatic rings. The number of nitrogens with zero attached hydrogens (tertiary/aromatic N) is 2. The molecule has 110 valence electrons. The maximum atomic E-state index is 12.2. The van der Waals surface area contributed by atoms with Crippen LogP contribution in [-0.2, 0) is 4.79 Å². The van der Waals surface area contributed by atoms with Crippen LogP contribution in [0.2, 0.25) is 0 Å². The van der Waals surface area contributed by atoms with Crippen molar-refractivity contribution in [1.29, 1.82) is 0 Å². The molecule has 21 heavy (non-hydrogen) atoms. The predicted octanol–water partition coefficient (Wildman–Crippen LogP) is 2.79. The average Bonchev–Trinajstić information content (AvgIpc) is 2.46. The van der Waals surface area contributed by atoms with E-state index >= 15 is 0 Å². The van der Waals surface area contributed by atoms with Crippen LogP contribution in [0.1, 0.15) is 18.1 Å². The van der Waals surface area contributed by atoms with Crippen molar-refractivity contribution >= 4 is 29.0 Å². The lowest BCUT2D eigenvalue weighted by Crippen LogP contribution is -2.23. The van der Waals surface area contributed by atoms with Crippen LogP contribution in [0.3, 0.4) is 0 Å². The maximum absolute atomic E-state index is 12.2. The molecule has 1 amide bonds. The molecule has 0 aliphatic heterocycles. The van der Waals surface area contributed by atoms with Gasteiger partial charge in [-0.2, -0.15) is 0 Å². The van der Waals surface area contributed by atoms with Crippen LogP contribution in [0, 0.1) is 13.8 Å². The summed E-state index contributed by atoms with van der Waals surface area (Å²) < 4.78 is 0. The van der Waals surface area contributed by atoms with E-state index in [0.717, 1.165) is 16.8 Å². The average molecular weight is 302 g/mol.